The maximum absolute atomic E-state index is 12.7. The molecule has 0 unspecified atom stereocenters. The monoisotopic (exact) mass is 362 g/mol. The summed E-state index contributed by atoms with van der Waals surface area (Å²) in [6.45, 7) is 4.93. The van der Waals surface area contributed by atoms with Crippen LogP contribution in [0.5, 0.6) is 0 Å². The van der Waals surface area contributed by atoms with Gasteiger partial charge < -0.3 is 9.84 Å². The Morgan fingerprint density at radius 2 is 1.46 bits per heavy atom. The van der Waals surface area contributed by atoms with E-state index >= 15 is 0 Å². The molecule has 3 nitrogen and oxygen atoms in total. The molecular formula is C15H20F6O3. The number of rotatable bonds is 5. The van der Waals surface area contributed by atoms with Crippen molar-refractivity contribution in [2.45, 2.75) is 57.0 Å². The molecule has 1 aliphatic rings. The first kappa shape index (κ1) is 20.8. The number of ether oxygens (including phenoxy) is 1. The predicted octanol–water partition coefficient (Wildman–Crippen LogP) is 4.16. The van der Waals surface area contributed by atoms with Gasteiger partial charge in [-0.1, -0.05) is 6.58 Å². The Morgan fingerprint density at radius 3 is 1.83 bits per heavy atom. The molecule has 0 heterocycles. The zero-order chi connectivity index (χ0) is 18.8. The summed E-state index contributed by atoms with van der Waals surface area (Å²) in [6, 6.07) is 0. The van der Waals surface area contributed by atoms with E-state index in [1.54, 1.807) is 0 Å². The lowest BCUT2D eigenvalue weighted by molar-refractivity contribution is -0.373. The Hall–Kier alpha value is -1.25. The number of alkyl halides is 6. The third-order valence-electron chi connectivity index (χ3n) is 4.29. The molecule has 1 aliphatic carbocycles. The van der Waals surface area contributed by atoms with E-state index in [4.69, 9.17) is 4.74 Å². The lowest BCUT2D eigenvalue weighted by Crippen LogP contribution is -2.57. The highest BCUT2D eigenvalue weighted by atomic mass is 19.4. The molecule has 0 aromatic heterocycles. The molecule has 24 heavy (non-hydrogen) atoms. The summed E-state index contributed by atoms with van der Waals surface area (Å²) in [5.41, 5.74) is -4.48. The molecule has 1 rings (SSSR count). The molecule has 9 heteroatoms. The minimum absolute atomic E-state index is 0.0568. The summed E-state index contributed by atoms with van der Waals surface area (Å²) in [5.74, 6) is -1.60. The Morgan fingerprint density at radius 1 is 1.04 bits per heavy atom. The number of halogens is 6. The second kappa shape index (κ2) is 7.33. The molecule has 0 radical (unpaired) electrons. The van der Waals surface area contributed by atoms with Gasteiger partial charge in [0.2, 0.25) is 0 Å². The Balaban J connectivity index is 2.58. The quantitative estimate of drug-likeness (QED) is 0.454. The van der Waals surface area contributed by atoms with Gasteiger partial charge >= 0.3 is 18.3 Å². The summed E-state index contributed by atoms with van der Waals surface area (Å²) in [7, 11) is 0. The fourth-order valence-corrected chi connectivity index (χ4v) is 2.73. The minimum atomic E-state index is -5.78. The standard InChI is InChI=1S/C15H20F6O3/c1-9(2)12(22)24-8-11-5-3-10(4-6-11)7-13(23,14(16,17)18)15(19,20)21/h10-11,23H,1,3-8H2,2H3. The average Bonchev–Trinajstić information content (AvgIpc) is 2.43. The second-order valence-corrected chi connectivity index (χ2v) is 6.33. The Labute approximate surface area is 135 Å². The third kappa shape index (κ3) is 4.87. The molecule has 0 spiro atoms. The van der Waals surface area contributed by atoms with Crippen LogP contribution in [0.2, 0.25) is 0 Å². The molecule has 0 aromatic carbocycles. The fraction of sp³-hybridized carbons (Fsp3) is 0.800. The minimum Gasteiger partial charge on any atom is -0.462 e. The van der Waals surface area contributed by atoms with Crippen molar-refractivity contribution in [3.05, 3.63) is 12.2 Å². The molecule has 0 amide bonds. The first-order valence-electron chi connectivity index (χ1n) is 7.46. The van der Waals surface area contributed by atoms with Gasteiger partial charge in [0.15, 0.2) is 0 Å². The molecule has 0 atom stereocenters. The van der Waals surface area contributed by atoms with E-state index in [1.807, 2.05) is 0 Å². The Bertz CT molecular complexity index is 447. The topological polar surface area (TPSA) is 46.5 Å². The van der Waals surface area contributed by atoms with Gasteiger partial charge in [0, 0.05) is 5.57 Å². The summed E-state index contributed by atoms with van der Waals surface area (Å²) >= 11 is 0. The van der Waals surface area contributed by atoms with Crippen LogP contribution in [0.1, 0.15) is 39.0 Å². The molecule has 0 aliphatic heterocycles. The van der Waals surface area contributed by atoms with E-state index < -0.39 is 36.3 Å². The predicted molar refractivity (Wildman–Crippen MR) is 72.9 cm³/mol. The van der Waals surface area contributed by atoms with Crippen molar-refractivity contribution in [1.29, 1.82) is 0 Å². The van der Waals surface area contributed by atoms with Crippen LogP contribution >= 0.6 is 0 Å². The summed E-state index contributed by atoms with van der Waals surface area (Å²) in [4.78, 5) is 11.3. The first-order valence-corrected chi connectivity index (χ1v) is 7.46. The number of hydrogen-bond donors (Lipinski definition) is 1. The molecule has 0 bridgehead atoms. The smallest absolute Gasteiger partial charge is 0.426 e. The molecule has 0 saturated heterocycles. The van der Waals surface area contributed by atoms with Crippen molar-refractivity contribution >= 4 is 5.97 Å². The van der Waals surface area contributed by atoms with Gasteiger partial charge in [-0.05, 0) is 50.9 Å². The van der Waals surface area contributed by atoms with Gasteiger partial charge in [-0.2, -0.15) is 26.3 Å². The van der Waals surface area contributed by atoms with Gasteiger partial charge in [0.05, 0.1) is 6.61 Å². The van der Waals surface area contributed by atoms with Gasteiger partial charge in [-0.15, -0.1) is 0 Å². The van der Waals surface area contributed by atoms with Crippen LogP contribution < -0.4 is 0 Å². The zero-order valence-corrected chi connectivity index (χ0v) is 13.1. The number of hydrogen-bond acceptors (Lipinski definition) is 3. The van der Waals surface area contributed by atoms with Crippen LogP contribution in [0.4, 0.5) is 26.3 Å². The van der Waals surface area contributed by atoms with E-state index in [0.29, 0.717) is 12.8 Å². The number of aliphatic hydroxyl groups is 1. The van der Waals surface area contributed by atoms with Crippen molar-refractivity contribution in [3.63, 3.8) is 0 Å². The number of carbonyl (C=O) groups excluding carboxylic acids is 1. The van der Waals surface area contributed by atoms with E-state index in [1.165, 1.54) is 6.92 Å². The summed E-state index contributed by atoms with van der Waals surface area (Å²) in [5, 5.41) is 9.21. The highest BCUT2D eigenvalue weighted by Gasteiger charge is 2.70. The fourth-order valence-electron chi connectivity index (χ4n) is 2.73. The molecule has 0 aromatic rings. The van der Waals surface area contributed by atoms with Gasteiger partial charge in [-0.25, -0.2) is 4.79 Å². The number of esters is 1. The summed E-state index contributed by atoms with van der Waals surface area (Å²) in [6.07, 6.45) is -12.1. The molecule has 1 saturated carbocycles. The van der Waals surface area contributed by atoms with E-state index in [-0.39, 0.29) is 30.9 Å². The zero-order valence-electron chi connectivity index (χ0n) is 13.1. The highest BCUT2D eigenvalue weighted by Crippen LogP contribution is 2.48. The first-order chi connectivity index (χ1) is 10.8. The lowest BCUT2D eigenvalue weighted by Gasteiger charge is -2.37. The average molecular weight is 362 g/mol. The molecular weight excluding hydrogens is 342 g/mol. The van der Waals surface area contributed by atoms with E-state index in [2.05, 4.69) is 6.58 Å². The lowest BCUT2D eigenvalue weighted by atomic mass is 9.76. The third-order valence-corrected chi connectivity index (χ3v) is 4.29. The SMILES string of the molecule is C=C(C)C(=O)OCC1CCC(CC(O)(C(F)(F)F)C(F)(F)F)CC1. The van der Waals surface area contributed by atoms with Crippen molar-refractivity contribution in [3.8, 4) is 0 Å². The van der Waals surface area contributed by atoms with Crippen LogP contribution in [0, 0.1) is 11.8 Å². The van der Waals surface area contributed by atoms with Crippen molar-refractivity contribution in [2.24, 2.45) is 11.8 Å². The molecule has 1 N–H and O–H groups in total. The van der Waals surface area contributed by atoms with E-state index in [0.717, 1.165) is 0 Å². The van der Waals surface area contributed by atoms with E-state index in [9.17, 15) is 36.2 Å². The van der Waals surface area contributed by atoms with Gasteiger partial charge in [-0.3, -0.25) is 0 Å². The largest absolute Gasteiger partial charge is 0.462 e. The Kier molecular flexibility index (Phi) is 6.35. The van der Waals surface area contributed by atoms with Gasteiger partial charge in [0.25, 0.3) is 5.60 Å². The van der Waals surface area contributed by atoms with Crippen LogP contribution in [0.3, 0.4) is 0 Å². The normalized spacial score (nSPS) is 23.0. The highest BCUT2D eigenvalue weighted by molar-refractivity contribution is 5.86. The van der Waals surface area contributed by atoms with Crippen LogP contribution in [0.25, 0.3) is 0 Å². The van der Waals surface area contributed by atoms with Crippen molar-refractivity contribution in [1.82, 2.24) is 0 Å². The van der Waals surface area contributed by atoms with Crippen LogP contribution in [0.15, 0.2) is 12.2 Å². The molecule has 1 fully saturated rings. The van der Waals surface area contributed by atoms with Crippen LogP contribution in [-0.2, 0) is 9.53 Å². The molecule has 140 valence electrons. The summed E-state index contributed by atoms with van der Waals surface area (Å²) < 4.78 is 81.0. The maximum atomic E-state index is 12.7. The van der Waals surface area contributed by atoms with Gasteiger partial charge in [0.1, 0.15) is 0 Å². The maximum Gasteiger partial charge on any atom is 0.426 e. The number of carbonyl (C=O) groups is 1. The van der Waals surface area contributed by atoms with Crippen molar-refractivity contribution < 1.29 is 41.0 Å². The second-order valence-electron chi connectivity index (χ2n) is 6.33. The van der Waals surface area contributed by atoms with Crippen molar-refractivity contribution in [2.75, 3.05) is 6.61 Å². The van der Waals surface area contributed by atoms with Crippen LogP contribution in [-0.4, -0.2) is 35.6 Å².